The topological polar surface area (TPSA) is 67.4 Å². The Morgan fingerprint density at radius 3 is 2.95 bits per heavy atom. The van der Waals surface area contributed by atoms with Crippen LogP contribution < -0.4 is 15.4 Å². The summed E-state index contributed by atoms with van der Waals surface area (Å²) in [6, 6.07) is 7.38. The lowest BCUT2D eigenvalue weighted by Crippen LogP contribution is -2.40. The Bertz CT molecular complexity index is 504. The van der Waals surface area contributed by atoms with Crippen LogP contribution in [0.5, 0.6) is 5.75 Å². The van der Waals surface area contributed by atoms with E-state index in [9.17, 15) is 9.59 Å². The second-order valence-corrected chi connectivity index (χ2v) is 5.76. The van der Waals surface area contributed by atoms with Gasteiger partial charge >= 0.3 is 0 Å². The Morgan fingerprint density at radius 1 is 1.48 bits per heavy atom. The summed E-state index contributed by atoms with van der Waals surface area (Å²) in [5, 5.41) is 5.60. The Morgan fingerprint density at radius 2 is 2.29 bits per heavy atom. The van der Waals surface area contributed by atoms with Gasteiger partial charge in [-0.2, -0.15) is 0 Å². The van der Waals surface area contributed by atoms with Crippen LogP contribution in [-0.4, -0.2) is 25.0 Å². The predicted molar refractivity (Wildman–Crippen MR) is 81.1 cm³/mol. The molecule has 1 aliphatic heterocycles. The average molecular weight is 290 g/mol. The van der Waals surface area contributed by atoms with E-state index in [0.29, 0.717) is 31.9 Å². The van der Waals surface area contributed by atoms with Gasteiger partial charge in [-0.25, -0.2) is 0 Å². The van der Waals surface area contributed by atoms with E-state index in [-0.39, 0.29) is 17.7 Å². The van der Waals surface area contributed by atoms with Gasteiger partial charge in [0.05, 0.1) is 12.5 Å². The first kappa shape index (κ1) is 15.4. The third-order valence-electron chi connectivity index (χ3n) is 3.32. The molecule has 1 aromatic rings. The molecule has 1 unspecified atom stereocenters. The number of hydrogen-bond acceptors (Lipinski definition) is 3. The molecular weight excluding hydrogens is 268 g/mol. The van der Waals surface area contributed by atoms with E-state index in [4.69, 9.17) is 4.74 Å². The molecule has 0 aliphatic carbocycles. The van der Waals surface area contributed by atoms with Gasteiger partial charge in [-0.15, -0.1) is 0 Å². The van der Waals surface area contributed by atoms with Crippen LogP contribution in [0.15, 0.2) is 24.3 Å². The molecule has 1 heterocycles. The van der Waals surface area contributed by atoms with Crippen molar-refractivity contribution in [2.45, 2.75) is 26.7 Å². The van der Waals surface area contributed by atoms with E-state index in [0.717, 1.165) is 11.4 Å². The van der Waals surface area contributed by atoms with Crippen LogP contribution in [0, 0.1) is 11.8 Å². The smallest absolute Gasteiger partial charge is 0.229 e. The fraction of sp³-hybridized carbons (Fsp3) is 0.500. The van der Waals surface area contributed by atoms with Crippen molar-refractivity contribution in [3.05, 3.63) is 24.3 Å². The van der Waals surface area contributed by atoms with Crippen LogP contribution in [0.4, 0.5) is 5.69 Å². The van der Waals surface area contributed by atoms with Gasteiger partial charge in [0.1, 0.15) is 5.75 Å². The Kier molecular flexibility index (Phi) is 5.20. The molecule has 5 nitrogen and oxygen atoms in total. The highest BCUT2D eigenvalue weighted by Gasteiger charge is 2.24. The van der Waals surface area contributed by atoms with Crippen LogP contribution in [0.1, 0.15) is 26.7 Å². The van der Waals surface area contributed by atoms with Crippen molar-refractivity contribution >= 4 is 17.5 Å². The van der Waals surface area contributed by atoms with Crippen LogP contribution in [0.25, 0.3) is 0 Å². The van der Waals surface area contributed by atoms with Crippen molar-refractivity contribution in [3.63, 3.8) is 0 Å². The molecular formula is C16H22N2O3. The van der Waals surface area contributed by atoms with Crippen molar-refractivity contribution in [2.75, 3.05) is 18.5 Å². The first-order chi connectivity index (χ1) is 10.0. The lowest BCUT2D eigenvalue weighted by molar-refractivity contribution is -0.126. The van der Waals surface area contributed by atoms with Gasteiger partial charge < -0.3 is 15.4 Å². The average Bonchev–Trinajstić information content (AvgIpc) is 2.46. The van der Waals surface area contributed by atoms with Crippen molar-refractivity contribution in [3.8, 4) is 5.75 Å². The first-order valence-corrected chi connectivity index (χ1v) is 7.35. The second kappa shape index (κ2) is 7.11. The van der Waals surface area contributed by atoms with Crippen LogP contribution in [0.3, 0.4) is 0 Å². The fourth-order valence-corrected chi connectivity index (χ4v) is 2.13. The Labute approximate surface area is 125 Å². The van der Waals surface area contributed by atoms with Crippen molar-refractivity contribution < 1.29 is 14.3 Å². The zero-order valence-corrected chi connectivity index (χ0v) is 12.5. The molecule has 2 rings (SSSR count). The summed E-state index contributed by atoms with van der Waals surface area (Å²) >= 11 is 0. The van der Waals surface area contributed by atoms with Gasteiger partial charge in [-0.1, -0.05) is 19.9 Å². The van der Waals surface area contributed by atoms with Gasteiger partial charge in [0, 0.05) is 24.7 Å². The normalized spacial score (nSPS) is 18.2. The minimum atomic E-state index is -0.164. The van der Waals surface area contributed by atoms with E-state index in [1.807, 2.05) is 24.3 Å². The van der Waals surface area contributed by atoms with Gasteiger partial charge in [0.25, 0.3) is 0 Å². The zero-order valence-electron chi connectivity index (χ0n) is 12.5. The molecule has 1 saturated heterocycles. The third kappa shape index (κ3) is 4.77. The number of amides is 2. The summed E-state index contributed by atoms with van der Waals surface area (Å²) in [5.74, 6) is 0.995. The van der Waals surface area contributed by atoms with E-state index < -0.39 is 0 Å². The zero-order chi connectivity index (χ0) is 15.2. The summed E-state index contributed by atoms with van der Waals surface area (Å²) in [5.41, 5.74) is 0.721. The summed E-state index contributed by atoms with van der Waals surface area (Å²) in [7, 11) is 0. The monoisotopic (exact) mass is 290 g/mol. The summed E-state index contributed by atoms with van der Waals surface area (Å²) in [6.45, 7) is 5.23. The molecule has 0 spiro atoms. The van der Waals surface area contributed by atoms with Crippen molar-refractivity contribution in [1.29, 1.82) is 0 Å². The molecule has 2 N–H and O–H groups in total. The molecule has 5 heteroatoms. The minimum Gasteiger partial charge on any atom is -0.493 e. The molecule has 2 amide bonds. The molecule has 0 aromatic heterocycles. The van der Waals surface area contributed by atoms with Crippen molar-refractivity contribution in [2.24, 2.45) is 11.8 Å². The van der Waals surface area contributed by atoms with Crippen LogP contribution in [0.2, 0.25) is 0 Å². The first-order valence-electron chi connectivity index (χ1n) is 7.35. The van der Waals surface area contributed by atoms with Gasteiger partial charge in [-0.05, 0) is 24.5 Å². The van der Waals surface area contributed by atoms with E-state index in [2.05, 4.69) is 24.5 Å². The Hall–Kier alpha value is -2.04. The highest BCUT2D eigenvalue weighted by Crippen LogP contribution is 2.20. The lowest BCUT2D eigenvalue weighted by atomic mass is 9.98. The molecule has 0 bridgehead atoms. The number of benzene rings is 1. The molecule has 1 atom stereocenters. The fourth-order valence-electron chi connectivity index (χ4n) is 2.13. The number of carbonyl (C=O) groups is 2. The molecule has 1 aliphatic rings. The third-order valence-corrected chi connectivity index (χ3v) is 3.32. The van der Waals surface area contributed by atoms with Crippen LogP contribution in [-0.2, 0) is 9.59 Å². The van der Waals surface area contributed by atoms with Gasteiger partial charge in [0.2, 0.25) is 11.8 Å². The van der Waals surface area contributed by atoms with Gasteiger partial charge in [0.15, 0.2) is 0 Å². The SMILES string of the molecule is CC(C)COc1cccc(NC(=O)C2CCC(=O)NC2)c1. The second-order valence-electron chi connectivity index (χ2n) is 5.76. The quantitative estimate of drug-likeness (QED) is 0.873. The largest absolute Gasteiger partial charge is 0.493 e. The maximum absolute atomic E-state index is 12.1. The highest BCUT2D eigenvalue weighted by molar-refractivity contribution is 5.94. The number of piperidine rings is 1. The highest BCUT2D eigenvalue weighted by atomic mass is 16.5. The van der Waals surface area contributed by atoms with E-state index >= 15 is 0 Å². The number of ether oxygens (including phenoxy) is 1. The molecule has 1 aromatic carbocycles. The van der Waals surface area contributed by atoms with Crippen LogP contribution >= 0.6 is 0 Å². The Balaban J connectivity index is 1.91. The molecule has 0 radical (unpaired) electrons. The minimum absolute atomic E-state index is 0.0168. The lowest BCUT2D eigenvalue weighted by Gasteiger charge is -2.21. The van der Waals surface area contributed by atoms with E-state index in [1.165, 1.54) is 0 Å². The summed E-state index contributed by atoms with van der Waals surface area (Å²) in [4.78, 5) is 23.3. The molecule has 114 valence electrons. The predicted octanol–water partition coefficient (Wildman–Crippen LogP) is 2.19. The molecule has 21 heavy (non-hydrogen) atoms. The van der Waals surface area contributed by atoms with Crippen molar-refractivity contribution in [1.82, 2.24) is 5.32 Å². The van der Waals surface area contributed by atoms with E-state index in [1.54, 1.807) is 0 Å². The molecule has 0 saturated carbocycles. The number of nitrogens with one attached hydrogen (secondary N) is 2. The number of rotatable bonds is 5. The molecule has 1 fully saturated rings. The number of carbonyl (C=O) groups excluding carboxylic acids is 2. The number of anilines is 1. The maximum atomic E-state index is 12.1. The van der Waals surface area contributed by atoms with Gasteiger partial charge in [-0.3, -0.25) is 9.59 Å². The summed E-state index contributed by atoms with van der Waals surface area (Å²) < 4.78 is 5.64. The summed E-state index contributed by atoms with van der Waals surface area (Å²) in [6.07, 6.45) is 1.01. The maximum Gasteiger partial charge on any atom is 0.229 e. The number of hydrogen-bond donors (Lipinski definition) is 2. The standard InChI is InChI=1S/C16H22N2O3/c1-11(2)10-21-14-5-3-4-13(8-14)18-16(20)12-6-7-15(19)17-9-12/h3-5,8,11-12H,6-7,9-10H2,1-2H3,(H,17,19)(H,18,20).